The number of benzene rings is 3. The quantitative estimate of drug-likeness (QED) is 0.342. The van der Waals surface area contributed by atoms with Crippen LogP contribution in [0.4, 0.5) is 18.9 Å². The molecule has 212 valence electrons. The Kier molecular flexibility index (Phi) is 9.85. The van der Waals surface area contributed by atoms with E-state index < -0.39 is 17.6 Å². The summed E-state index contributed by atoms with van der Waals surface area (Å²) in [6.07, 6.45) is 1.18. The first-order valence-corrected chi connectivity index (χ1v) is 13.7. The molecule has 5 nitrogen and oxygen atoms in total. The van der Waals surface area contributed by atoms with Gasteiger partial charge in [-0.05, 0) is 60.4 Å². The lowest BCUT2D eigenvalue weighted by Crippen LogP contribution is -2.36. The van der Waals surface area contributed by atoms with Crippen LogP contribution in [0, 0.1) is 0 Å². The van der Waals surface area contributed by atoms with Crippen LogP contribution in [0.1, 0.15) is 65.6 Å². The number of ether oxygens (including phenoxy) is 1. The molecule has 0 spiro atoms. The second kappa shape index (κ2) is 13.5. The van der Waals surface area contributed by atoms with Crippen molar-refractivity contribution in [2.45, 2.75) is 57.7 Å². The maximum atomic E-state index is 13.7. The number of halogens is 3. The van der Waals surface area contributed by atoms with E-state index in [4.69, 9.17) is 4.74 Å². The maximum absolute atomic E-state index is 13.7. The van der Waals surface area contributed by atoms with E-state index in [1.165, 1.54) is 12.1 Å². The molecule has 3 aromatic rings. The Morgan fingerprint density at radius 3 is 2.27 bits per heavy atom. The Labute approximate surface area is 233 Å². The minimum Gasteiger partial charge on any atom is -0.497 e. The zero-order valence-corrected chi connectivity index (χ0v) is 22.8. The predicted molar refractivity (Wildman–Crippen MR) is 149 cm³/mol. The number of alkyl halides is 3. The van der Waals surface area contributed by atoms with Gasteiger partial charge in [-0.1, -0.05) is 62.1 Å². The van der Waals surface area contributed by atoms with E-state index >= 15 is 0 Å². The Bertz CT molecular complexity index is 1310. The standard InChI is InChI=1S/C32H35F3N2O3/c1-40-28-16-10-12-24(20-28)21-30(38)37-19-9-5-3-2-4-8-18-36(23-26-13-6-7-17-29(26)37)31(39)25-14-11-15-27(22-25)32(33,34)35/h6-7,10-17,20,22H,2-5,8-9,18-19,21,23H2,1H3. The monoisotopic (exact) mass is 552 g/mol. The van der Waals surface area contributed by atoms with Crippen molar-refractivity contribution in [3.05, 3.63) is 95.1 Å². The number of hydrogen-bond donors (Lipinski definition) is 0. The minimum absolute atomic E-state index is 0.00239. The average molecular weight is 553 g/mol. The average Bonchev–Trinajstić information content (AvgIpc) is 2.97. The summed E-state index contributed by atoms with van der Waals surface area (Å²) in [5, 5.41) is 0. The molecule has 3 aromatic carbocycles. The number of methoxy groups -OCH3 is 1. The third-order valence-corrected chi connectivity index (χ3v) is 7.22. The van der Waals surface area contributed by atoms with Crippen molar-refractivity contribution in [1.29, 1.82) is 0 Å². The summed E-state index contributed by atoms with van der Waals surface area (Å²) in [4.78, 5) is 30.6. The first-order valence-electron chi connectivity index (χ1n) is 13.7. The van der Waals surface area contributed by atoms with Crippen molar-refractivity contribution in [2.24, 2.45) is 0 Å². The fourth-order valence-electron chi connectivity index (χ4n) is 5.09. The van der Waals surface area contributed by atoms with Crippen LogP contribution in [0.15, 0.2) is 72.8 Å². The number of carbonyl (C=O) groups excluding carboxylic acids is 2. The second-order valence-electron chi connectivity index (χ2n) is 10.1. The van der Waals surface area contributed by atoms with Gasteiger partial charge in [0.25, 0.3) is 5.91 Å². The molecule has 40 heavy (non-hydrogen) atoms. The van der Waals surface area contributed by atoms with Gasteiger partial charge in [0.05, 0.1) is 19.1 Å². The summed E-state index contributed by atoms with van der Waals surface area (Å²) >= 11 is 0. The lowest BCUT2D eigenvalue weighted by molar-refractivity contribution is -0.137. The van der Waals surface area contributed by atoms with Gasteiger partial charge in [-0.25, -0.2) is 0 Å². The van der Waals surface area contributed by atoms with Gasteiger partial charge < -0.3 is 14.5 Å². The van der Waals surface area contributed by atoms with Crippen LogP contribution in [0.5, 0.6) is 5.75 Å². The lowest BCUT2D eigenvalue weighted by Gasteiger charge is -2.29. The van der Waals surface area contributed by atoms with Crippen molar-refractivity contribution >= 4 is 17.5 Å². The molecule has 0 saturated carbocycles. The molecule has 0 atom stereocenters. The molecular weight excluding hydrogens is 517 g/mol. The van der Waals surface area contributed by atoms with E-state index in [0.717, 1.165) is 67.5 Å². The van der Waals surface area contributed by atoms with Gasteiger partial charge in [-0.15, -0.1) is 0 Å². The molecule has 0 bridgehead atoms. The highest BCUT2D eigenvalue weighted by atomic mass is 19.4. The van der Waals surface area contributed by atoms with Crippen LogP contribution in [-0.2, 0) is 23.9 Å². The highest BCUT2D eigenvalue weighted by Crippen LogP contribution is 2.31. The van der Waals surface area contributed by atoms with Crippen molar-refractivity contribution < 1.29 is 27.5 Å². The molecule has 1 heterocycles. The first-order chi connectivity index (χ1) is 19.3. The molecule has 0 saturated heterocycles. The van der Waals surface area contributed by atoms with Crippen molar-refractivity contribution in [1.82, 2.24) is 4.90 Å². The third kappa shape index (κ3) is 7.64. The predicted octanol–water partition coefficient (Wildman–Crippen LogP) is 7.29. The number of fused-ring (bicyclic) bond motifs is 1. The number of carbonyl (C=O) groups is 2. The SMILES string of the molecule is COc1cccc(CC(=O)N2CCCCCCCCN(C(=O)c3cccc(C(F)(F)F)c3)Cc3ccccc32)c1. The Balaban J connectivity index is 1.65. The van der Waals surface area contributed by atoms with E-state index in [0.29, 0.717) is 18.8 Å². The number of amides is 2. The van der Waals surface area contributed by atoms with Gasteiger partial charge in [0, 0.05) is 30.9 Å². The van der Waals surface area contributed by atoms with Crippen LogP contribution in [0.2, 0.25) is 0 Å². The molecule has 0 N–H and O–H groups in total. The lowest BCUT2D eigenvalue weighted by atomic mass is 10.1. The van der Waals surface area contributed by atoms with Crippen molar-refractivity contribution in [3.8, 4) is 5.75 Å². The molecule has 0 radical (unpaired) electrons. The number of nitrogens with zero attached hydrogens (tertiary/aromatic N) is 2. The molecule has 0 aliphatic carbocycles. The summed E-state index contributed by atoms with van der Waals surface area (Å²) in [5.74, 6) is 0.163. The number of anilines is 1. The zero-order chi connectivity index (χ0) is 28.5. The van der Waals surface area contributed by atoms with E-state index in [9.17, 15) is 22.8 Å². The van der Waals surface area contributed by atoms with Crippen molar-refractivity contribution in [2.75, 3.05) is 25.1 Å². The normalized spacial score (nSPS) is 15.3. The smallest absolute Gasteiger partial charge is 0.416 e. The maximum Gasteiger partial charge on any atom is 0.416 e. The Morgan fingerprint density at radius 1 is 0.825 bits per heavy atom. The zero-order valence-electron chi connectivity index (χ0n) is 22.8. The molecule has 0 unspecified atom stereocenters. The highest BCUT2D eigenvalue weighted by molar-refractivity contribution is 5.96. The third-order valence-electron chi connectivity index (χ3n) is 7.22. The molecule has 2 amide bonds. The molecule has 0 fully saturated rings. The van der Waals surface area contributed by atoms with Crippen LogP contribution >= 0.6 is 0 Å². The summed E-state index contributed by atoms with van der Waals surface area (Å²) in [5.41, 5.74) is 1.49. The van der Waals surface area contributed by atoms with Crippen LogP contribution in [-0.4, -0.2) is 36.9 Å². The minimum atomic E-state index is -4.54. The molecule has 0 aromatic heterocycles. The number of para-hydroxylation sites is 1. The van der Waals surface area contributed by atoms with E-state index in [1.54, 1.807) is 16.9 Å². The van der Waals surface area contributed by atoms with E-state index in [-0.39, 0.29) is 24.4 Å². The van der Waals surface area contributed by atoms with E-state index in [2.05, 4.69) is 0 Å². The Hall–Kier alpha value is -3.81. The molecule has 1 aliphatic heterocycles. The molecule has 1 aliphatic rings. The van der Waals surface area contributed by atoms with Gasteiger partial charge in [-0.3, -0.25) is 9.59 Å². The summed E-state index contributed by atoms with van der Waals surface area (Å²) in [6, 6.07) is 19.5. The second-order valence-corrected chi connectivity index (χ2v) is 10.1. The van der Waals surface area contributed by atoms with Gasteiger partial charge in [0.2, 0.25) is 5.91 Å². The largest absolute Gasteiger partial charge is 0.497 e. The molecule has 4 rings (SSSR count). The van der Waals surface area contributed by atoms with E-state index in [1.807, 2.05) is 48.5 Å². The summed E-state index contributed by atoms with van der Waals surface area (Å²) < 4.78 is 45.4. The van der Waals surface area contributed by atoms with Gasteiger partial charge in [0.1, 0.15) is 5.75 Å². The fraction of sp³-hybridized carbons (Fsp3) is 0.375. The summed E-state index contributed by atoms with van der Waals surface area (Å²) in [6.45, 7) is 1.15. The van der Waals surface area contributed by atoms with Gasteiger partial charge in [-0.2, -0.15) is 13.2 Å². The van der Waals surface area contributed by atoms with Gasteiger partial charge in [0.15, 0.2) is 0 Å². The van der Waals surface area contributed by atoms with Crippen LogP contribution in [0.3, 0.4) is 0 Å². The van der Waals surface area contributed by atoms with Gasteiger partial charge >= 0.3 is 6.18 Å². The van der Waals surface area contributed by atoms with Crippen LogP contribution < -0.4 is 9.64 Å². The Morgan fingerprint density at radius 2 is 1.52 bits per heavy atom. The molecular formula is C32H35F3N2O3. The summed E-state index contributed by atoms with van der Waals surface area (Å²) in [7, 11) is 1.59. The van der Waals surface area contributed by atoms with Crippen molar-refractivity contribution in [3.63, 3.8) is 0 Å². The highest BCUT2D eigenvalue weighted by Gasteiger charge is 2.31. The molecule has 8 heteroatoms. The first kappa shape index (κ1) is 29.2. The number of rotatable bonds is 4. The topological polar surface area (TPSA) is 49.9 Å². The fourth-order valence-corrected chi connectivity index (χ4v) is 5.09. The van der Waals surface area contributed by atoms with Crippen LogP contribution in [0.25, 0.3) is 0 Å². The number of hydrogen-bond acceptors (Lipinski definition) is 3.